The Labute approximate surface area is 163 Å². The van der Waals surface area contributed by atoms with E-state index < -0.39 is 0 Å². The van der Waals surface area contributed by atoms with Gasteiger partial charge < -0.3 is 15.4 Å². The van der Waals surface area contributed by atoms with E-state index in [0.717, 1.165) is 45.1 Å². The summed E-state index contributed by atoms with van der Waals surface area (Å²) >= 11 is 0. The van der Waals surface area contributed by atoms with E-state index in [9.17, 15) is 0 Å². The predicted octanol–water partition coefficient (Wildman–Crippen LogP) is 3.72. The van der Waals surface area contributed by atoms with Crippen LogP contribution in [-0.2, 0) is 16.7 Å². The Kier molecular flexibility index (Phi) is 6.51. The molecule has 0 unspecified atom stereocenters. The molecule has 0 aromatic heterocycles. The fraction of sp³-hybridized carbons (Fsp3) is 0.435. The van der Waals surface area contributed by atoms with Crippen LogP contribution in [0.3, 0.4) is 0 Å². The first-order valence-corrected chi connectivity index (χ1v) is 9.77. The van der Waals surface area contributed by atoms with Gasteiger partial charge in [0, 0.05) is 38.8 Å². The van der Waals surface area contributed by atoms with E-state index in [1.165, 1.54) is 22.3 Å². The van der Waals surface area contributed by atoms with Crippen LogP contribution in [0.1, 0.15) is 35.1 Å². The third kappa shape index (κ3) is 4.89. The SMILES string of the molecule is CN=C(NCc1cccc(C)c1)NCC1(c2ccccc2C)CCOCC1. The lowest BCUT2D eigenvalue weighted by Gasteiger charge is -2.39. The molecule has 0 amide bonds. The summed E-state index contributed by atoms with van der Waals surface area (Å²) in [6.45, 7) is 7.57. The lowest BCUT2D eigenvalue weighted by Crippen LogP contribution is -2.48. The number of rotatable bonds is 5. The molecule has 144 valence electrons. The smallest absolute Gasteiger partial charge is 0.191 e. The Bertz CT molecular complexity index is 779. The second-order valence-electron chi connectivity index (χ2n) is 7.48. The number of hydrogen-bond acceptors (Lipinski definition) is 2. The molecule has 1 fully saturated rings. The Morgan fingerprint density at radius 3 is 2.52 bits per heavy atom. The molecule has 2 N–H and O–H groups in total. The van der Waals surface area contributed by atoms with Crippen LogP contribution in [0.15, 0.2) is 53.5 Å². The number of aliphatic imine (C=N–C) groups is 1. The van der Waals surface area contributed by atoms with Gasteiger partial charge in [0.1, 0.15) is 0 Å². The van der Waals surface area contributed by atoms with E-state index in [1.807, 2.05) is 7.05 Å². The van der Waals surface area contributed by atoms with E-state index in [-0.39, 0.29) is 5.41 Å². The molecule has 1 saturated heterocycles. The largest absolute Gasteiger partial charge is 0.381 e. The molecule has 0 radical (unpaired) electrons. The van der Waals surface area contributed by atoms with E-state index in [2.05, 4.69) is 78.0 Å². The third-order valence-electron chi connectivity index (χ3n) is 5.53. The first kappa shape index (κ1) is 19.4. The van der Waals surface area contributed by atoms with Crippen LogP contribution in [-0.4, -0.2) is 32.8 Å². The van der Waals surface area contributed by atoms with Crippen molar-refractivity contribution in [3.05, 3.63) is 70.8 Å². The van der Waals surface area contributed by atoms with Gasteiger partial charge in [-0.1, -0.05) is 54.1 Å². The van der Waals surface area contributed by atoms with E-state index in [4.69, 9.17) is 4.74 Å². The van der Waals surface area contributed by atoms with E-state index >= 15 is 0 Å². The number of benzene rings is 2. The van der Waals surface area contributed by atoms with Crippen LogP contribution in [0.25, 0.3) is 0 Å². The number of aryl methyl sites for hydroxylation is 2. The molecule has 1 aliphatic heterocycles. The van der Waals surface area contributed by atoms with Crippen LogP contribution in [0, 0.1) is 13.8 Å². The molecule has 2 aromatic carbocycles. The number of nitrogens with one attached hydrogen (secondary N) is 2. The fourth-order valence-electron chi connectivity index (χ4n) is 3.95. The first-order chi connectivity index (χ1) is 13.1. The van der Waals surface area contributed by atoms with Crippen molar-refractivity contribution in [3.63, 3.8) is 0 Å². The molecule has 0 saturated carbocycles. The van der Waals surface area contributed by atoms with Crippen LogP contribution in [0.2, 0.25) is 0 Å². The zero-order valence-electron chi connectivity index (χ0n) is 16.7. The summed E-state index contributed by atoms with van der Waals surface area (Å²) < 4.78 is 5.66. The fourth-order valence-corrected chi connectivity index (χ4v) is 3.95. The van der Waals surface area contributed by atoms with E-state index in [0.29, 0.717) is 0 Å². The molecule has 2 aromatic rings. The summed E-state index contributed by atoms with van der Waals surface area (Å²) in [5.74, 6) is 0.843. The van der Waals surface area contributed by atoms with Crippen molar-refractivity contribution in [3.8, 4) is 0 Å². The van der Waals surface area contributed by atoms with Gasteiger partial charge in [-0.2, -0.15) is 0 Å². The summed E-state index contributed by atoms with van der Waals surface area (Å²) in [6, 6.07) is 17.3. The van der Waals surface area contributed by atoms with Gasteiger partial charge in [0.2, 0.25) is 0 Å². The van der Waals surface area contributed by atoms with Crippen LogP contribution in [0.5, 0.6) is 0 Å². The van der Waals surface area contributed by atoms with Gasteiger partial charge in [-0.05, 0) is 43.4 Å². The van der Waals surface area contributed by atoms with Gasteiger partial charge >= 0.3 is 0 Å². The van der Waals surface area contributed by atoms with Crippen molar-refractivity contribution in [2.45, 2.75) is 38.6 Å². The van der Waals surface area contributed by atoms with Crippen molar-refractivity contribution in [2.75, 3.05) is 26.8 Å². The lowest BCUT2D eigenvalue weighted by atomic mass is 9.72. The predicted molar refractivity (Wildman–Crippen MR) is 112 cm³/mol. The summed E-state index contributed by atoms with van der Waals surface area (Å²) in [5.41, 5.74) is 5.40. The summed E-state index contributed by atoms with van der Waals surface area (Å²) in [5, 5.41) is 7.02. The quantitative estimate of drug-likeness (QED) is 0.627. The van der Waals surface area contributed by atoms with Gasteiger partial charge in [0.25, 0.3) is 0 Å². The maximum absolute atomic E-state index is 5.66. The van der Waals surface area contributed by atoms with Gasteiger partial charge in [-0.3, -0.25) is 4.99 Å². The maximum atomic E-state index is 5.66. The molecule has 0 spiro atoms. The third-order valence-corrected chi connectivity index (χ3v) is 5.53. The number of nitrogens with zero attached hydrogens (tertiary/aromatic N) is 1. The van der Waals surface area contributed by atoms with E-state index in [1.54, 1.807) is 0 Å². The minimum atomic E-state index is 0.0878. The zero-order valence-corrected chi connectivity index (χ0v) is 16.7. The molecule has 0 atom stereocenters. The maximum Gasteiger partial charge on any atom is 0.191 e. The number of hydrogen-bond donors (Lipinski definition) is 2. The highest BCUT2D eigenvalue weighted by Crippen LogP contribution is 2.36. The Balaban J connectivity index is 1.68. The van der Waals surface area contributed by atoms with Crippen LogP contribution in [0.4, 0.5) is 0 Å². The summed E-state index contributed by atoms with van der Waals surface area (Å²) in [6.07, 6.45) is 2.06. The first-order valence-electron chi connectivity index (χ1n) is 9.77. The molecule has 27 heavy (non-hydrogen) atoms. The molecular weight excluding hydrogens is 334 g/mol. The highest BCUT2D eigenvalue weighted by Gasteiger charge is 2.35. The van der Waals surface area contributed by atoms with Crippen LogP contribution >= 0.6 is 0 Å². The minimum absolute atomic E-state index is 0.0878. The lowest BCUT2D eigenvalue weighted by molar-refractivity contribution is 0.0512. The second kappa shape index (κ2) is 9.05. The van der Waals surface area contributed by atoms with Gasteiger partial charge in [-0.15, -0.1) is 0 Å². The number of guanidine groups is 1. The summed E-state index contributed by atoms with van der Waals surface area (Å²) in [7, 11) is 1.83. The molecule has 0 bridgehead atoms. The Morgan fingerprint density at radius 1 is 1.04 bits per heavy atom. The van der Waals surface area contributed by atoms with Crippen molar-refractivity contribution >= 4 is 5.96 Å². The summed E-state index contributed by atoms with van der Waals surface area (Å²) in [4.78, 5) is 4.42. The average Bonchev–Trinajstić information content (AvgIpc) is 2.69. The highest BCUT2D eigenvalue weighted by atomic mass is 16.5. The standard InChI is InChI=1S/C23H31N3O/c1-18-7-6-9-20(15-18)16-25-22(24-3)26-17-23(11-13-27-14-12-23)21-10-5-4-8-19(21)2/h4-10,15H,11-14,16-17H2,1-3H3,(H2,24,25,26). The van der Waals surface area contributed by atoms with Crippen molar-refractivity contribution in [1.82, 2.24) is 10.6 Å². The van der Waals surface area contributed by atoms with Crippen LogP contribution < -0.4 is 10.6 Å². The molecule has 0 aliphatic carbocycles. The zero-order chi connectivity index (χ0) is 19.1. The van der Waals surface area contributed by atoms with Gasteiger partial charge in [0.05, 0.1) is 0 Å². The molecule has 1 heterocycles. The minimum Gasteiger partial charge on any atom is -0.381 e. The number of ether oxygens (including phenoxy) is 1. The molecule has 3 rings (SSSR count). The monoisotopic (exact) mass is 365 g/mol. The van der Waals surface area contributed by atoms with Gasteiger partial charge in [0.15, 0.2) is 5.96 Å². The molecular formula is C23H31N3O. The highest BCUT2D eigenvalue weighted by molar-refractivity contribution is 5.79. The van der Waals surface area contributed by atoms with Crippen molar-refractivity contribution < 1.29 is 4.74 Å². The molecule has 4 nitrogen and oxygen atoms in total. The van der Waals surface area contributed by atoms with Gasteiger partial charge in [-0.25, -0.2) is 0 Å². The average molecular weight is 366 g/mol. The Hall–Kier alpha value is -2.33. The molecule has 4 heteroatoms. The van der Waals surface area contributed by atoms with Crippen molar-refractivity contribution in [1.29, 1.82) is 0 Å². The Morgan fingerprint density at radius 2 is 1.81 bits per heavy atom. The normalized spacial score (nSPS) is 16.8. The topological polar surface area (TPSA) is 45.7 Å². The second-order valence-corrected chi connectivity index (χ2v) is 7.48. The molecule has 1 aliphatic rings. The van der Waals surface area contributed by atoms with Crippen molar-refractivity contribution in [2.24, 2.45) is 4.99 Å².